The van der Waals surface area contributed by atoms with Crippen LogP contribution >= 0.6 is 24.0 Å². The second-order valence-corrected chi connectivity index (χ2v) is 6.31. The van der Waals surface area contributed by atoms with E-state index in [1.165, 1.54) is 6.42 Å². The lowest BCUT2D eigenvalue weighted by Gasteiger charge is -2.37. The van der Waals surface area contributed by atoms with E-state index in [-0.39, 0.29) is 24.0 Å². The van der Waals surface area contributed by atoms with Crippen LogP contribution in [-0.2, 0) is 9.47 Å². The highest BCUT2D eigenvalue weighted by molar-refractivity contribution is 14.0. The molecule has 1 saturated heterocycles. The number of hydrogen-bond donors (Lipinski definition) is 2. The Hall–Kier alpha value is -0.120. The van der Waals surface area contributed by atoms with Crippen molar-refractivity contribution < 1.29 is 9.47 Å². The average molecular weight is 456 g/mol. The van der Waals surface area contributed by atoms with Gasteiger partial charge in [-0.25, -0.2) is 0 Å². The minimum atomic E-state index is 0. The van der Waals surface area contributed by atoms with Gasteiger partial charge in [0.05, 0.1) is 19.8 Å². The number of morpholine rings is 1. The number of nitrogens with one attached hydrogen (secondary N) is 2. The van der Waals surface area contributed by atoms with E-state index < -0.39 is 0 Å². The van der Waals surface area contributed by atoms with Gasteiger partial charge in [-0.15, -0.1) is 24.0 Å². The highest BCUT2D eigenvalue weighted by Gasteiger charge is 2.23. The monoisotopic (exact) mass is 456 g/mol. The lowest BCUT2D eigenvalue weighted by Crippen LogP contribution is -2.52. The van der Waals surface area contributed by atoms with Crippen LogP contribution in [0.15, 0.2) is 4.99 Å². The van der Waals surface area contributed by atoms with Crippen molar-refractivity contribution in [1.29, 1.82) is 0 Å². The third kappa shape index (κ3) is 10.0. The zero-order chi connectivity index (χ0) is 16.9. The fourth-order valence-electron chi connectivity index (χ4n) is 2.71. The molecule has 0 spiro atoms. The van der Waals surface area contributed by atoms with Gasteiger partial charge < -0.3 is 20.1 Å². The van der Waals surface area contributed by atoms with Crippen LogP contribution in [0.3, 0.4) is 0 Å². The molecule has 0 aromatic rings. The molecule has 0 amide bonds. The maximum absolute atomic E-state index is 5.56. The molecule has 1 rings (SSSR count). The van der Waals surface area contributed by atoms with Gasteiger partial charge in [0.2, 0.25) is 0 Å². The van der Waals surface area contributed by atoms with E-state index >= 15 is 0 Å². The quantitative estimate of drug-likeness (QED) is 0.228. The second kappa shape index (κ2) is 15.2. The Balaban J connectivity index is 0.00000529. The minimum Gasteiger partial charge on any atom is -0.380 e. The van der Waals surface area contributed by atoms with Gasteiger partial charge in [0.1, 0.15) is 0 Å². The highest BCUT2D eigenvalue weighted by atomic mass is 127. The van der Waals surface area contributed by atoms with Crippen LogP contribution < -0.4 is 10.6 Å². The molecule has 0 aromatic carbocycles. The minimum absolute atomic E-state index is 0. The first-order valence-electron chi connectivity index (χ1n) is 9.03. The third-order valence-electron chi connectivity index (χ3n) is 4.17. The summed E-state index contributed by atoms with van der Waals surface area (Å²) in [5.74, 6) is 1.44. The van der Waals surface area contributed by atoms with E-state index in [0.717, 1.165) is 65.0 Å². The number of rotatable bonds is 10. The number of unbranched alkanes of at least 4 members (excludes halogenated alkanes) is 1. The molecule has 144 valence electrons. The van der Waals surface area contributed by atoms with Gasteiger partial charge in [0.25, 0.3) is 0 Å². The summed E-state index contributed by atoms with van der Waals surface area (Å²) < 4.78 is 11.0. The molecule has 0 aromatic heterocycles. The summed E-state index contributed by atoms with van der Waals surface area (Å²) in [6, 6.07) is 0.498. The summed E-state index contributed by atoms with van der Waals surface area (Å²) in [7, 11) is 1.81. The van der Waals surface area contributed by atoms with Gasteiger partial charge in [0, 0.05) is 45.9 Å². The van der Waals surface area contributed by atoms with Gasteiger partial charge >= 0.3 is 0 Å². The van der Waals surface area contributed by atoms with Crippen LogP contribution in [0.4, 0.5) is 0 Å². The van der Waals surface area contributed by atoms with E-state index in [0.29, 0.717) is 12.0 Å². The second-order valence-electron chi connectivity index (χ2n) is 6.31. The number of guanidine groups is 1. The number of ether oxygens (including phenoxy) is 2. The highest BCUT2D eigenvalue weighted by Crippen LogP contribution is 2.12. The Morgan fingerprint density at radius 3 is 2.50 bits per heavy atom. The Morgan fingerprint density at radius 1 is 1.21 bits per heavy atom. The fraction of sp³-hybridized carbons (Fsp3) is 0.941. The number of nitrogens with zero attached hydrogens (tertiary/aromatic N) is 2. The van der Waals surface area contributed by atoms with Gasteiger partial charge in [-0.3, -0.25) is 9.89 Å². The Labute approximate surface area is 165 Å². The molecule has 0 bridgehead atoms. The van der Waals surface area contributed by atoms with Crippen LogP contribution in [0.1, 0.15) is 33.6 Å². The molecular formula is C17H37IN4O2. The summed E-state index contributed by atoms with van der Waals surface area (Å²) in [4.78, 5) is 6.81. The van der Waals surface area contributed by atoms with Crippen molar-refractivity contribution in [2.45, 2.75) is 39.7 Å². The zero-order valence-corrected chi connectivity index (χ0v) is 18.2. The fourth-order valence-corrected chi connectivity index (χ4v) is 2.71. The summed E-state index contributed by atoms with van der Waals surface area (Å²) in [6.45, 7) is 13.7. The lowest BCUT2D eigenvalue weighted by molar-refractivity contribution is 0.00751. The van der Waals surface area contributed by atoms with Crippen molar-refractivity contribution in [3.63, 3.8) is 0 Å². The molecule has 1 atom stereocenters. The molecule has 0 saturated carbocycles. The van der Waals surface area contributed by atoms with Crippen LogP contribution in [0.2, 0.25) is 0 Å². The van der Waals surface area contributed by atoms with Gasteiger partial charge in [-0.1, -0.05) is 27.2 Å². The van der Waals surface area contributed by atoms with Gasteiger partial charge in [-0.2, -0.15) is 0 Å². The summed E-state index contributed by atoms with van der Waals surface area (Å²) >= 11 is 0. The summed E-state index contributed by atoms with van der Waals surface area (Å²) in [5, 5.41) is 6.77. The first-order chi connectivity index (χ1) is 11.2. The first kappa shape index (κ1) is 23.9. The van der Waals surface area contributed by atoms with E-state index in [9.17, 15) is 0 Å². The smallest absolute Gasteiger partial charge is 0.191 e. The number of hydrogen-bond acceptors (Lipinski definition) is 4. The Morgan fingerprint density at radius 2 is 1.92 bits per heavy atom. The third-order valence-corrected chi connectivity index (χ3v) is 4.17. The molecule has 6 nitrogen and oxygen atoms in total. The summed E-state index contributed by atoms with van der Waals surface area (Å²) in [5.41, 5.74) is 0. The average Bonchev–Trinajstić information content (AvgIpc) is 2.57. The van der Waals surface area contributed by atoms with E-state index in [1.807, 2.05) is 7.05 Å². The normalized spacial score (nSPS) is 17.5. The maximum atomic E-state index is 5.56. The molecule has 1 aliphatic rings. The molecular weight excluding hydrogens is 419 g/mol. The van der Waals surface area contributed by atoms with Crippen molar-refractivity contribution in [1.82, 2.24) is 15.5 Å². The van der Waals surface area contributed by atoms with Crippen molar-refractivity contribution >= 4 is 29.9 Å². The molecule has 7 heteroatoms. The molecule has 0 aliphatic carbocycles. The van der Waals surface area contributed by atoms with Crippen molar-refractivity contribution in [2.24, 2.45) is 10.9 Å². The molecule has 0 radical (unpaired) electrons. The maximum Gasteiger partial charge on any atom is 0.191 e. The van der Waals surface area contributed by atoms with Gasteiger partial charge in [-0.05, 0) is 12.3 Å². The molecule has 24 heavy (non-hydrogen) atoms. The van der Waals surface area contributed by atoms with E-state index in [4.69, 9.17) is 9.47 Å². The van der Waals surface area contributed by atoms with Crippen LogP contribution in [-0.4, -0.2) is 76.6 Å². The topological polar surface area (TPSA) is 58.1 Å². The van der Waals surface area contributed by atoms with Crippen LogP contribution in [0.5, 0.6) is 0 Å². The van der Waals surface area contributed by atoms with E-state index in [2.05, 4.69) is 41.3 Å². The Bertz CT molecular complexity index is 324. The lowest BCUT2D eigenvalue weighted by atomic mass is 10.0. The molecule has 1 aliphatic heterocycles. The summed E-state index contributed by atoms with van der Waals surface area (Å²) in [6.07, 6.45) is 2.30. The molecule has 1 unspecified atom stereocenters. The predicted molar refractivity (Wildman–Crippen MR) is 112 cm³/mol. The van der Waals surface area contributed by atoms with Crippen molar-refractivity contribution in [3.8, 4) is 0 Å². The molecule has 1 fully saturated rings. The predicted octanol–water partition coefficient (Wildman–Crippen LogP) is 1.94. The van der Waals surface area contributed by atoms with Gasteiger partial charge in [0.15, 0.2) is 5.96 Å². The largest absolute Gasteiger partial charge is 0.380 e. The SMILES string of the molecule is CCCCOCCNC(=NC)NCC(C(C)C)N1CCOCC1.I. The molecule has 1 heterocycles. The molecule has 2 N–H and O–H groups in total. The Kier molecular flexibility index (Phi) is 15.1. The number of halogens is 1. The van der Waals surface area contributed by atoms with Crippen molar-refractivity contribution in [3.05, 3.63) is 0 Å². The zero-order valence-electron chi connectivity index (χ0n) is 15.8. The van der Waals surface area contributed by atoms with Crippen LogP contribution in [0, 0.1) is 5.92 Å². The number of aliphatic imine (C=N–C) groups is 1. The first-order valence-corrected chi connectivity index (χ1v) is 9.03. The van der Waals surface area contributed by atoms with Crippen molar-refractivity contribution in [2.75, 3.05) is 59.7 Å². The van der Waals surface area contributed by atoms with E-state index in [1.54, 1.807) is 0 Å². The standard InChI is InChI=1S/C17H36N4O2.HI/c1-5-6-10-22-11-7-19-17(18-4)20-14-16(15(2)3)21-8-12-23-13-9-21;/h15-16H,5-14H2,1-4H3,(H2,18,19,20);1H. The van der Waals surface area contributed by atoms with Crippen LogP contribution in [0.25, 0.3) is 0 Å².